The number of aromatic nitrogens is 16. The number of rotatable bonds is 18. The molecule has 12 aromatic rings. The Kier molecular flexibility index (Phi) is 22.7. The molecular formula is C71H77N23O8S. The van der Waals surface area contributed by atoms with E-state index in [9.17, 15) is 18.6 Å². The van der Waals surface area contributed by atoms with Gasteiger partial charge in [-0.3, -0.25) is 44.8 Å². The fourth-order valence-electron chi connectivity index (χ4n) is 11.9. The molecule has 32 heteroatoms. The van der Waals surface area contributed by atoms with Crippen LogP contribution in [0.4, 0.5) is 32.2 Å². The van der Waals surface area contributed by atoms with E-state index in [1.807, 2.05) is 71.7 Å². The van der Waals surface area contributed by atoms with Gasteiger partial charge in [0.1, 0.15) is 16.6 Å². The fourth-order valence-corrected chi connectivity index (χ4v) is 13.0. The molecule has 9 aromatic heterocycles. The zero-order chi connectivity index (χ0) is 71.0. The number of morpholine rings is 1. The first-order valence-electron chi connectivity index (χ1n) is 33.8. The maximum Gasteiger partial charge on any atom is 0.413 e. The van der Waals surface area contributed by atoms with Crippen LogP contribution in [-0.2, 0) is 49.4 Å². The molecule has 15 rings (SSSR count). The highest BCUT2D eigenvalue weighted by molar-refractivity contribution is 7.85. The number of hydrogen-bond donors (Lipinski definition) is 6. The van der Waals surface area contributed by atoms with Crippen LogP contribution < -0.4 is 16.0 Å². The van der Waals surface area contributed by atoms with Gasteiger partial charge in [-0.05, 0) is 106 Å². The molecule has 0 spiro atoms. The van der Waals surface area contributed by atoms with Gasteiger partial charge in [0, 0.05) is 184 Å². The van der Waals surface area contributed by atoms with Gasteiger partial charge in [0.05, 0.1) is 73.0 Å². The van der Waals surface area contributed by atoms with Gasteiger partial charge in [-0.25, -0.2) is 64.2 Å². The van der Waals surface area contributed by atoms with E-state index >= 15 is 0 Å². The Labute approximate surface area is 594 Å². The van der Waals surface area contributed by atoms with Crippen LogP contribution in [0.25, 0.3) is 95.2 Å². The Bertz CT molecular complexity index is 4870. The second-order valence-corrected chi connectivity index (χ2v) is 25.9. The van der Waals surface area contributed by atoms with Crippen molar-refractivity contribution in [3.05, 3.63) is 158 Å². The predicted molar refractivity (Wildman–Crippen MR) is 389 cm³/mol. The van der Waals surface area contributed by atoms with E-state index in [-0.39, 0.29) is 31.7 Å². The summed E-state index contributed by atoms with van der Waals surface area (Å²) in [5.41, 5.74) is 14.0. The zero-order valence-electron chi connectivity index (χ0n) is 57.3. The van der Waals surface area contributed by atoms with E-state index in [4.69, 9.17) is 23.9 Å². The maximum absolute atomic E-state index is 11.9. The number of imidazole rings is 4. The molecule has 3 aliphatic rings. The van der Waals surface area contributed by atoms with Crippen LogP contribution >= 0.6 is 0 Å². The number of anilines is 3. The largest absolute Gasteiger partial charge is 0.450 e. The maximum atomic E-state index is 11.9. The lowest BCUT2D eigenvalue weighted by Crippen LogP contribution is -2.43. The summed E-state index contributed by atoms with van der Waals surface area (Å²) in [6.07, 6.45) is 16.0. The van der Waals surface area contributed by atoms with Crippen LogP contribution in [0.2, 0.25) is 0 Å². The lowest BCUT2D eigenvalue weighted by Gasteiger charge is -2.32. The second-order valence-electron chi connectivity index (χ2n) is 24.2. The Hall–Kier alpha value is -11.4. The molecule has 3 aromatic carbocycles. The van der Waals surface area contributed by atoms with Crippen LogP contribution in [0.1, 0.15) is 37.9 Å². The molecule has 530 valence electrons. The molecule has 0 atom stereocenters. The molecule has 0 unspecified atom stereocenters. The van der Waals surface area contributed by atoms with Gasteiger partial charge in [0.15, 0.2) is 17.5 Å². The number of nitrogens with one attached hydrogen (secondary N) is 6. The average molecular weight is 1410 g/mol. The Morgan fingerprint density at radius 3 is 1.31 bits per heavy atom. The van der Waals surface area contributed by atoms with Crippen molar-refractivity contribution >= 4 is 80.0 Å². The van der Waals surface area contributed by atoms with Crippen molar-refractivity contribution in [2.24, 2.45) is 0 Å². The molecule has 6 N–H and O–H groups in total. The first kappa shape index (κ1) is 70.0. The van der Waals surface area contributed by atoms with E-state index in [1.54, 1.807) is 82.5 Å². The molecular weight excluding hydrogens is 1340 g/mol. The van der Waals surface area contributed by atoms with Gasteiger partial charge in [-0.2, -0.15) is 0 Å². The Morgan fingerprint density at radius 2 is 0.883 bits per heavy atom. The highest BCUT2D eigenvalue weighted by atomic mass is 32.2. The number of ether oxygens (including phenoxy) is 4. The minimum absolute atomic E-state index is 0.263. The summed E-state index contributed by atoms with van der Waals surface area (Å²) in [6.45, 7) is 17.6. The van der Waals surface area contributed by atoms with Crippen molar-refractivity contribution in [3.63, 3.8) is 0 Å². The van der Waals surface area contributed by atoms with Crippen LogP contribution in [-0.4, -0.2) is 225 Å². The molecule has 3 amide bonds. The average Bonchev–Trinajstić information content (AvgIpc) is 1.71. The number of nitrogens with zero attached hydrogens (tertiary/aromatic N) is 17. The molecule has 0 aliphatic carbocycles. The first-order valence-corrected chi connectivity index (χ1v) is 35.3. The van der Waals surface area contributed by atoms with Gasteiger partial charge in [-0.15, -0.1) is 0 Å². The van der Waals surface area contributed by atoms with Gasteiger partial charge in [-0.1, -0.05) is 12.1 Å². The highest BCUT2D eigenvalue weighted by Crippen LogP contribution is 2.35. The number of H-pyrrole nitrogens is 3. The minimum Gasteiger partial charge on any atom is -0.450 e. The van der Waals surface area contributed by atoms with Crippen LogP contribution in [0.3, 0.4) is 0 Å². The topological polar surface area (TPSA) is 361 Å². The highest BCUT2D eigenvalue weighted by Gasteiger charge is 2.23. The molecule has 103 heavy (non-hydrogen) atoms. The molecule has 3 fully saturated rings. The number of carbonyl (C=O) groups excluding carboxylic acids is 3. The standard InChI is InChI=1S/C25H28N8O2.C24H25N7O3S.C22H24N8O3/c1-3-35-25(34)31-24-29-21-14-18(13-20(22(21)30-24)23-26-7-4-8-27-23)17-5-6-19(28-15-17)16-33-11-9-32(2)10-12-33;1-2-34-24(32)30-23-28-20-13-17(12-19(21(20)29-23)22-25-6-3-7-26-22)16-4-5-18(27-14-16)15-31-8-10-35(33)11-9-31;1-2-33-22(31)28-21-26-18-11-16(10-17(19(18)27-21)20-23-4-3-5-24-20)30-13-15(25-14-30)12-29-6-8-32-9-7-29/h4-8,13-15H,3,9-12,16H2,1-2H3,(H2,29,30,31,34);3-7,12-14H,2,8-11,15H2,1H3,(H2,28,29,30,32);3-5,10-11,13-14H,2,6-9,12H2,1H3,(H2,26,27,28,31). The number of hydrogen-bond acceptors (Lipinski definition) is 24. The lowest BCUT2D eigenvalue weighted by molar-refractivity contribution is 0.0337. The van der Waals surface area contributed by atoms with Crippen LogP contribution in [0.5, 0.6) is 0 Å². The monoisotopic (exact) mass is 1410 g/mol. The first-order chi connectivity index (χ1) is 50.4. The van der Waals surface area contributed by atoms with Crippen molar-refractivity contribution in [2.75, 3.05) is 120 Å². The van der Waals surface area contributed by atoms with E-state index in [0.29, 0.717) is 40.0 Å². The number of amides is 3. The molecule has 0 radical (unpaired) electrons. The quantitative estimate of drug-likeness (QED) is 0.0436. The van der Waals surface area contributed by atoms with Crippen molar-refractivity contribution in [2.45, 2.75) is 40.4 Å². The normalized spacial score (nSPS) is 14.7. The molecule has 31 nitrogen and oxygen atoms in total. The smallest absolute Gasteiger partial charge is 0.413 e. The predicted octanol–water partition coefficient (Wildman–Crippen LogP) is 9.22. The van der Waals surface area contributed by atoms with Crippen molar-refractivity contribution < 1.29 is 37.5 Å². The van der Waals surface area contributed by atoms with Gasteiger partial charge in [0.25, 0.3) is 0 Å². The lowest BCUT2D eigenvalue weighted by atomic mass is 10.0. The van der Waals surface area contributed by atoms with Gasteiger partial charge in [0.2, 0.25) is 17.8 Å². The van der Waals surface area contributed by atoms with E-state index in [0.717, 1.165) is 175 Å². The number of carbonyl (C=O) groups is 3. The van der Waals surface area contributed by atoms with Gasteiger partial charge < -0.3 is 43.4 Å². The number of likely N-dealkylation sites (N-methyl/N-ethyl adjacent to an activating group) is 1. The van der Waals surface area contributed by atoms with Crippen molar-refractivity contribution in [1.82, 2.24) is 98.9 Å². The Morgan fingerprint density at radius 1 is 0.476 bits per heavy atom. The molecule has 12 heterocycles. The fraction of sp³-hybridized carbons (Fsp3) is 0.310. The van der Waals surface area contributed by atoms with Crippen molar-refractivity contribution in [1.29, 1.82) is 0 Å². The number of pyridine rings is 2. The number of benzene rings is 3. The summed E-state index contributed by atoms with van der Waals surface area (Å²) >= 11 is 0. The second kappa shape index (κ2) is 33.4. The van der Waals surface area contributed by atoms with E-state index in [1.165, 1.54) is 0 Å². The third kappa shape index (κ3) is 18.0. The number of piperazine rings is 1. The zero-order valence-corrected chi connectivity index (χ0v) is 58.1. The summed E-state index contributed by atoms with van der Waals surface area (Å²) in [5, 5.41) is 7.86. The molecule has 3 saturated heterocycles. The number of aromatic amines is 3. The summed E-state index contributed by atoms with van der Waals surface area (Å²) in [4.78, 5) is 109. The molecule has 3 aliphatic heterocycles. The third-order valence-corrected chi connectivity index (χ3v) is 18.3. The third-order valence-electron chi connectivity index (χ3n) is 17.0. The SMILES string of the molecule is CCOC(=O)Nc1nc2c(-c3ncccn3)cc(-c3ccc(CN4CCN(C)CC4)nc3)cc2[nH]1.CCOC(=O)Nc1nc2c(-c3ncccn3)cc(-c3ccc(CN4CCS(=O)CC4)nc3)cc2[nH]1.CCOC(=O)Nc1nc2c(-c3ncccn3)cc(-n3cnc(CN4CCOCC4)c3)cc2[nH]1. The summed E-state index contributed by atoms with van der Waals surface area (Å²) < 4.78 is 33.9. The van der Waals surface area contributed by atoms with Crippen molar-refractivity contribution in [3.8, 4) is 62.1 Å². The van der Waals surface area contributed by atoms with E-state index < -0.39 is 29.1 Å². The summed E-state index contributed by atoms with van der Waals surface area (Å²) in [6, 6.07) is 25.4. The van der Waals surface area contributed by atoms with Crippen LogP contribution in [0, 0.1) is 0 Å². The molecule has 0 saturated carbocycles. The number of fused-ring (bicyclic) bond motifs is 3. The minimum atomic E-state index is -0.691. The van der Waals surface area contributed by atoms with Crippen LogP contribution in [0.15, 0.2) is 141 Å². The van der Waals surface area contributed by atoms with E-state index in [2.05, 4.69) is 125 Å². The Balaban J connectivity index is 0.000000138. The molecule has 0 bridgehead atoms. The van der Waals surface area contributed by atoms with Gasteiger partial charge >= 0.3 is 18.3 Å². The summed E-state index contributed by atoms with van der Waals surface area (Å²) in [7, 11) is 1.47. The summed E-state index contributed by atoms with van der Waals surface area (Å²) in [5.74, 6) is 3.92.